The van der Waals surface area contributed by atoms with Crippen molar-refractivity contribution in [2.45, 2.75) is 0 Å². The lowest BCUT2D eigenvalue weighted by molar-refractivity contribution is 1.01. The Morgan fingerprint density at radius 3 is 1.62 bits per heavy atom. The molecule has 10 aromatic rings. The number of nitrogens with zero attached hydrogens (tertiary/aromatic N) is 4. The molecule has 0 unspecified atom stereocenters. The van der Waals surface area contributed by atoms with Crippen molar-refractivity contribution in [3.8, 4) is 33.9 Å². The fourth-order valence-corrected chi connectivity index (χ4v) is 7.40. The smallest absolute Gasteiger partial charge is 0.235 e. The Bertz CT molecular complexity index is 2830. The van der Waals surface area contributed by atoms with Gasteiger partial charge in [0.1, 0.15) is 0 Å². The molecule has 0 aliphatic carbocycles. The third-order valence-electron chi connectivity index (χ3n) is 9.59. The van der Waals surface area contributed by atoms with Gasteiger partial charge in [-0.05, 0) is 76.9 Å². The van der Waals surface area contributed by atoms with Crippen LogP contribution in [0.3, 0.4) is 0 Å². The molecule has 0 aliphatic heterocycles. The Morgan fingerprint density at radius 2 is 0.938 bits per heavy atom. The molecule has 0 fully saturated rings. The van der Waals surface area contributed by atoms with Gasteiger partial charge in [-0.3, -0.25) is 4.57 Å². The second-order valence-electron chi connectivity index (χ2n) is 12.3. The molecule has 0 spiro atoms. The van der Waals surface area contributed by atoms with Gasteiger partial charge >= 0.3 is 0 Å². The monoisotopic (exact) mass is 612 g/mol. The standard InChI is InChI=1S/C44H28N4/c1-3-12-29(13-4-1)33-18-11-19-39-38(33)28-45-44(46-39)48-41-21-10-8-17-35(41)37-27-31(23-25-43(37)48)30-22-24-42-36(26-30)34-16-7-9-20-40(34)47(42)32-14-5-2-6-15-32/h1-28H. The van der Waals surface area contributed by atoms with Crippen LogP contribution in [0.25, 0.3) is 88.4 Å². The molecule has 0 saturated carbocycles. The van der Waals surface area contributed by atoms with Gasteiger partial charge in [-0.15, -0.1) is 0 Å². The highest BCUT2D eigenvalue weighted by molar-refractivity contribution is 6.12. The molecular formula is C44H28N4. The summed E-state index contributed by atoms with van der Waals surface area (Å²) in [5, 5.41) is 5.89. The summed E-state index contributed by atoms with van der Waals surface area (Å²) >= 11 is 0. The number of aromatic nitrogens is 4. The van der Waals surface area contributed by atoms with E-state index in [2.05, 4.69) is 167 Å². The van der Waals surface area contributed by atoms with Crippen LogP contribution in [-0.2, 0) is 0 Å². The molecule has 0 saturated heterocycles. The number of benzene rings is 7. The van der Waals surface area contributed by atoms with Crippen LogP contribution in [0.2, 0.25) is 0 Å². The summed E-state index contributed by atoms with van der Waals surface area (Å²) in [5.41, 5.74) is 11.3. The van der Waals surface area contributed by atoms with Crippen LogP contribution in [0.5, 0.6) is 0 Å². The highest BCUT2D eigenvalue weighted by Crippen LogP contribution is 2.38. The lowest BCUT2D eigenvalue weighted by Crippen LogP contribution is -2.01. The number of hydrogen-bond donors (Lipinski definition) is 0. The first-order chi connectivity index (χ1) is 23.8. The predicted octanol–water partition coefficient (Wildman–Crippen LogP) is 11.2. The second-order valence-corrected chi connectivity index (χ2v) is 12.3. The number of rotatable bonds is 4. The summed E-state index contributed by atoms with van der Waals surface area (Å²) < 4.78 is 4.55. The third-order valence-corrected chi connectivity index (χ3v) is 9.59. The maximum Gasteiger partial charge on any atom is 0.235 e. The van der Waals surface area contributed by atoms with Crippen LogP contribution in [-0.4, -0.2) is 19.1 Å². The van der Waals surface area contributed by atoms with Crippen molar-refractivity contribution in [2.75, 3.05) is 0 Å². The Balaban J connectivity index is 1.14. The van der Waals surface area contributed by atoms with E-state index in [0.717, 1.165) is 38.8 Å². The molecule has 3 aromatic heterocycles. The minimum absolute atomic E-state index is 0.668. The summed E-state index contributed by atoms with van der Waals surface area (Å²) in [6.07, 6.45) is 1.97. The van der Waals surface area contributed by atoms with Gasteiger partial charge in [-0.25, -0.2) is 9.97 Å². The molecule has 0 amide bonds. The number of fused-ring (bicyclic) bond motifs is 7. The van der Waals surface area contributed by atoms with Crippen LogP contribution >= 0.6 is 0 Å². The minimum Gasteiger partial charge on any atom is -0.309 e. The normalized spacial score (nSPS) is 11.8. The van der Waals surface area contributed by atoms with Gasteiger partial charge < -0.3 is 4.57 Å². The SMILES string of the molecule is c1ccc(-c2cccc3nc(-n4c5ccccc5c5cc(-c6ccc7c(c6)c6ccccc6n7-c6ccccc6)ccc54)ncc23)cc1. The van der Waals surface area contributed by atoms with E-state index >= 15 is 0 Å². The summed E-state index contributed by atoms with van der Waals surface area (Å²) in [5.74, 6) is 0.668. The Morgan fingerprint density at radius 1 is 0.375 bits per heavy atom. The molecule has 0 radical (unpaired) electrons. The first kappa shape index (κ1) is 26.7. The largest absolute Gasteiger partial charge is 0.309 e. The van der Waals surface area contributed by atoms with Gasteiger partial charge in [0.05, 0.1) is 27.6 Å². The second kappa shape index (κ2) is 10.5. The molecule has 0 aliphatic rings. The van der Waals surface area contributed by atoms with Crippen molar-refractivity contribution < 1.29 is 0 Å². The predicted molar refractivity (Wildman–Crippen MR) is 199 cm³/mol. The molecule has 3 heterocycles. The fourth-order valence-electron chi connectivity index (χ4n) is 7.40. The van der Waals surface area contributed by atoms with Crippen molar-refractivity contribution in [1.29, 1.82) is 0 Å². The lowest BCUT2D eigenvalue weighted by atomic mass is 10.0. The van der Waals surface area contributed by atoms with E-state index in [-0.39, 0.29) is 0 Å². The highest BCUT2D eigenvalue weighted by Gasteiger charge is 2.17. The van der Waals surface area contributed by atoms with E-state index in [4.69, 9.17) is 9.97 Å². The zero-order valence-corrected chi connectivity index (χ0v) is 26.0. The summed E-state index contributed by atoms with van der Waals surface area (Å²) in [4.78, 5) is 10.1. The molecule has 7 aromatic carbocycles. The van der Waals surface area contributed by atoms with Crippen molar-refractivity contribution in [2.24, 2.45) is 0 Å². The molecule has 48 heavy (non-hydrogen) atoms. The topological polar surface area (TPSA) is 35.6 Å². The van der Waals surface area contributed by atoms with E-state index in [0.29, 0.717) is 5.95 Å². The van der Waals surface area contributed by atoms with E-state index in [1.807, 2.05) is 12.3 Å². The van der Waals surface area contributed by atoms with E-state index < -0.39 is 0 Å². The van der Waals surface area contributed by atoms with Crippen LogP contribution in [0.15, 0.2) is 170 Å². The summed E-state index contributed by atoms with van der Waals surface area (Å²) in [6.45, 7) is 0. The van der Waals surface area contributed by atoms with Crippen LogP contribution in [0.1, 0.15) is 0 Å². The zero-order valence-electron chi connectivity index (χ0n) is 26.0. The maximum atomic E-state index is 5.12. The van der Waals surface area contributed by atoms with E-state index in [1.54, 1.807) is 0 Å². The van der Waals surface area contributed by atoms with Gasteiger partial charge in [-0.2, -0.15) is 0 Å². The van der Waals surface area contributed by atoms with E-state index in [1.165, 1.54) is 43.7 Å². The first-order valence-corrected chi connectivity index (χ1v) is 16.3. The third kappa shape index (κ3) is 4.03. The first-order valence-electron chi connectivity index (χ1n) is 16.3. The Labute approximate surface area is 276 Å². The molecule has 4 nitrogen and oxygen atoms in total. The molecule has 0 N–H and O–H groups in total. The average Bonchev–Trinajstić information content (AvgIpc) is 3.67. The highest BCUT2D eigenvalue weighted by atomic mass is 15.2. The van der Waals surface area contributed by atoms with Gasteiger partial charge in [0.15, 0.2) is 0 Å². The van der Waals surface area contributed by atoms with Gasteiger partial charge in [-0.1, -0.05) is 109 Å². The number of hydrogen-bond acceptors (Lipinski definition) is 2. The summed E-state index contributed by atoms with van der Waals surface area (Å²) in [7, 11) is 0. The molecule has 0 bridgehead atoms. The number of para-hydroxylation sites is 3. The van der Waals surface area contributed by atoms with Crippen molar-refractivity contribution in [1.82, 2.24) is 19.1 Å². The van der Waals surface area contributed by atoms with Crippen LogP contribution in [0, 0.1) is 0 Å². The van der Waals surface area contributed by atoms with Crippen LogP contribution in [0.4, 0.5) is 0 Å². The van der Waals surface area contributed by atoms with Crippen LogP contribution < -0.4 is 0 Å². The maximum absolute atomic E-state index is 5.12. The minimum atomic E-state index is 0.668. The van der Waals surface area contributed by atoms with Gasteiger partial charge in [0, 0.05) is 38.8 Å². The molecule has 4 heteroatoms. The molecule has 0 atom stereocenters. The molecule has 224 valence electrons. The summed E-state index contributed by atoms with van der Waals surface area (Å²) in [6, 6.07) is 58.2. The lowest BCUT2D eigenvalue weighted by Gasteiger charge is -2.10. The fraction of sp³-hybridized carbons (Fsp3) is 0. The molecule has 10 rings (SSSR count). The van der Waals surface area contributed by atoms with Crippen molar-refractivity contribution >= 4 is 54.5 Å². The van der Waals surface area contributed by atoms with Gasteiger partial charge in [0.2, 0.25) is 5.95 Å². The molecular weight excluding hydrogens is 585 g/mol. The van der Waals surface area contributed by atoms with E-state index in [9.17, 15) is 0 Å². The van der Waals surface area contributed by atoms with Crippen molar-refractivity contribution in [3.63, 3.8) is 0 Å². The Kier molecular flexibility index (Phi) is 5.84. The quantitative estimate of drug-likeness (QED) is 0.198. The Hall–Kier alpha value is -6.52. The zero-order chi connectivity index (χ0) is 31.6. The van der Waals surface area contributed by atoms with Gasteiger partial charge in [0.25, 0.3) is 0 Å². The van der Waals surface area contributed by atoms with Crippen molar-refractivity contribution in [3.05, 3.63) is 170 Å². The average molecular weight is 613 g/mol.